The Morgan fingerprint density at radius 3 is 2.74 bits per heavy atom. The lowest BCUT2D eigenvalue weighted by Crippen LogP contribution is -2.28. The van der Waals surface area contributed by atoms with E-state index in [-0.39, 0.29) is 18.0 Å². The number of rotatable bonds is 4. The maximum absolute atomic E-state index is 12.3. The predicted octanol–water partition coefficient (Wildman–Crippen LogP) is 2.04. The SMILES string of the molecule is COc1ccccc1NC(=O)Cn1c(=O)cnc2ccccc21. The Morgan fingerprint density at radius 1 is 1.17 bits per heavy atom. The largest absolute Gasteiger partial charge is 0.495 e. The second-order valence-electron chi connectivity index (χ2n) is 4.92. The van der Waals surface area contributed by atoms with Gasteiger partial charge < -0.3 is 10.1 Å². The standard InChI is InChI=1S/C17H15N3O3/c1-23-15-9-5-3-7-13(15)19-16(21)11-20-14-8-4-2-6-12(14)18-10-17(20)22/h2-10H,11H2,1H3,(H,19,21). The lowest BCUT2D eigenvalue weighted by atomic mass is 10.3. The van der Waals surface area contributed by atoms with Gasteiger partial charge in [-0.25, -0.2) is 4.98 Å². The fraction of sp³-hybridized carbons (Fsp3) is 0.118. The van der Waals surface area contributed by atoms with E-state index in [1.807, 2.05) is 12.1 Å². The fourth-order valence-corrected chi connectivity index (χ4v) is 2.36. The summed E-state index contributed by atoms with van der Waals surface area (Å²) in [4.78, 5) is 28.4. The number of hydrogen-bond acceptors (Lipinski definition) is 4. The number of nitrogens with one attached hydrogen (secondary N) is 1. The number of hydrogen-bond donors (Lipinski definition) is 1. The van der Waals surface area contributed by atoms with Crippen LogP contribution in [0.25, 0.3) is 11.0 Å². The number of carbonyl (C=O) groups excluding carboxylic acids is 1. The van der Waals surface area contributed by atoms with E-state index >= 15 is 0 Å². The average Bonchev–Trinajstić information content (AvgIpc) is 2.58. The summed E-state index contributed by atoms with van der Waals surface area (Å²) in [6, 6.07) is 14.3. The van der Waals surface area contributed by atoms with Gasteiger partial charge in [-0.15, -0.1) is 0 Å². The van der Waals surface area contributed by atoms with Gasteiger partial charge in [-0.1, -0.05) is 24.3 Å². The highest BCUT2D eigenvalue weighted by Crippen LogP contribution is 2.22. The Morgan fingerprint density at radius 2 is 1.91 bits per heavy atom. The lowest BCUT2D eigenvalue weighted by Gasteiger charge is -2.12. The van der Waals surface area contributed by atoms with Gasteiger partial charge in [0.05, 0.1) is 30.0 Å². The zero-order valence-corrected chi connectivity index (χ0v) is 12.5. The molecule has 23 heavy (non-hydrogen) atoms. The van der Waals surface area contributed by atoms with Crippen LogP contribution in [0.3, 0.4) is 0 Å². The van der Waals surface area contributed by atoms with E-state index in [0.29, 0.717) is 22.5 Å². The maximum atomic E-state index is 12.3. The minimum absolute atomic E-state index is 0.0973. The van der Waals surface area contributed by atoms with Crippen LogP contribution in [0.5, 0.6) is 5.75 Å². The summed E-state index contributed by atoms with van der Waals surface area (Å²) in [6.07, 6.45) is 1.22. The van der Waals surface area contributed by atoms with Gasteiger partial charge in [0.15, 0.2) is 0 Å². The Hall–Kier alpha value is -3.15. The molecule has 2 aromatic carbocycles. The molecule has 3 rings (SSSR count). The Bertz CT molecular complexity index is 918. The first kappa shape index (κ1) is 14.8. The van der Waals surface area contributed by atoms with Gasteiger partial charge in [0.2, 0.25) is 5.91 Å². The minimum atomic E-state index is -0.320. The molecule has 0 aliphatic carbocycles. The van der Waals surface area contributed by atoms with E-state index in [2.05, 4.69) is 10.3 Å². The van der Waals surface area contributed by atoms with Gasteiger partial charge in [0.1, 0.15) is 12.3 Å². The summed E-state index contributed by atoms with van der Waals surface area (Å²) in [5, 5.41) is 2.76. The third-order valence-corrected chi connectivity index (χ3v) is 3.44. The first-order chi connectivity index (χ1) is 11.2. The van der Waals surface area contributed by atoms with Crippen LogP contribution in [0.15, 0.2) is 59.5 Å². The predicted molar refractivity (Wildman–Crippen MR) is 87.6 cm³/mol. The fourth-order valence-electron chi connectivity index (χ4n) is 2.36. The molecule has 0 saturated heterocycles. The van der Waals surface area contributed by atoms with Crippen molar-refractivity contribution >= 4 is 22.6 Å². The van der Waals surface area contributed by atoms with Crippen LogP contribution < -0.4 is 15.6 Å². The van der Waals surface area contributed by atoms with Crippen LogP contribution in [0.2, 0.25) is 0 Å². The number of ether oxygens (including phenoxy) is 1. The van der Waals surface area contributed by atoms with Gasteiger partial charge >= 0.3 is 0 Å². The zero-order chi connectivity index (χ0) is 16.2. The van der Waals surface area contributed by atoms with Crippen molar-refractivity contribution in [3.05, 3.63) is 65.1 Å². The highest BCUT2D eigenvalue weighted by atomic mass is 16.5. The van der Waals surface area contributed by atoms with Crippen LogP contribution in [-0.4, -0.2) is 22.6 Å². The maximum Gasteiger partial charge on any atom is 0.269 e. The van der Waals surface area contributed by atoms with Gasteiger partial charge in [0, 0.05) is 0 Å². The highest BCUT2D eigenvalue weighted by Gasteiger charge is 2.11. The first-order valence-electron chi connectivity index (χ1n) is 7.06. The van der Waals surface area contributed by atoms with Crippen molar-refractivity contribution in [3.8, 4) is 5.75 Å². The summed E-state index contributed by atoms with van der Waals surface area (Å²) < 4.78 is 6.59. The second kappa shape index (κ2) is 6.31. The van der Waals surface area contributed by atoms with Crippen LogP contribution in [-0.2, 0) is 11.3 Å². The molecule has 1 amide bonds. The van der Waals surface area contributed by atoms with E-state index in [1.165, 1.54) is 17.9 Å². The highest BCUT2D eigenvalue weighted by molar-refractivity contribution is 5.92. The molecular weight excluding hydrogens is 294 g/mol. The van der Waals surface area contributed by atoms with E-state index in [4.69, 9.17) is 4.74 Å². The number of nitrogens with zero attached hydrogens (tertiary/aromatic N) is 2. The van der Waals surface area contributed by atoms with Crippen LogP contribution >= 0.6 is 0 Å². The molecule has 0 fully saturated rings. The number of carbonyl (C=O) groups is 1. The van der Waals surface area contributed by atoms with Crippen molar-refractivity contribution in [3.63, 3.8) is 0 Å². The van der Waals surface area contributed by atoms with Crippen LogP contribution in [0, 0.1) is 0 Å². The number of amides is 1. The topological polar surface area (TPSA) is 73.2 Å². The molecule has 0 radical (unpaired) electrons. The molecule has 3 aromatic rings. The monoisotopic (exact) mass is 309 g/mol. The molecule has 0 spiro atoms. The number of anilines is 1. The minimum Gasteiger partial charge on any atom is -0.495 e. The van der Waals surface area contributed by atoms with Crippen molar-refractivity contribution in [2.24, 2.45) is 0 Å². The quantitative estimate of drug-likeness (QED) is 0.800. The lowest BCUT2D eigenvalue weighted by molar-refractivity contribution is -0.116. The number of aromatic nitrogens is 2. The molecule has 0 saturated carbocycles. The Labute approximate surface area is 132 Å². The molecule has 1 N–H and O–H groups in total. The van der Waals surface area contributed by atoms with Gasteiger partial charge in [-0.2, -0.15) is 0 Å². The molecule has 1 aromatic heterocycles. The molecule has 0 aliphatic rings. The average molecular weight is 309 g/mol. The summed E-state index contributed by atoms with van der Waals surface area (Å²) in [7, 11) is 1.53. The van der Waals surface area contributed by atoms with Crippen molar-refractivity contribution in [2.75, 3.05) is 12.4 Å². The summed E-state index contributed by atoms with van der Waals surface area (Å²) in [5.74, 6) is 0.251. The molecule has 0 atom stereocenters. The number of para-hydroxylation sites is 4. The third kappa shape index (κ3) is 3.06. The second-order valence-corrected chi connectivity index (χ2v) is 4.92. The summed E-state index contributed by atoms with van der Waals surface area (Å²) in [6.45, 7) is -0.0973. The molecule has 0 aliphatic heterocycles. The smallest absolute Gasteiger partial charge is 0.269 e. The van der Waals surface area contributed by atoms with Crippen LogP contribution in [0.4, 0.5) is 5.69 Å². The number of benzene rings is 2. The summed E-state index contributed by atoms with van der Waals surface area (Å²) >= 11 is 0. The number of methoxy groups -OCH3 is 1. The van der Waals surface area contributed by atoms with Crippen LogP contribution in [0.1, 0.15) is 0 Å². The van der Waals surface area contributed by atoms with Crippen molar-refractivity contribution in [1.29, 1.82) is 0 Å². The third-order valence-electron chi connectivity index (χ3n) is 3.44. The molecule has 1 heterocycles. The van der Waals surface area contributed by atoms with Crippen molar-refractivity contribution < 1.29 is 9.53 Å². The molecular formula is C17H15N3O3. The summed E-state index contributed by atoms with van der Waals surface area (Å²) in [5.41, 5.74) is 1.53. The molecule has 0 bridgehead atoms. The van der Waals surface area contributed by atoms with Crippen molar-refractivity contribution in [2.45, 2.75) is 6.54 Å². The van der Waals surface area contributed by atoms with Crippen molar-refractivity contribution in [1.82, 2.24) is 9.55 Å². The first-order valence-corrected chi connectivity index (χ1v) is 7.06. The zero-order valence-electron chi connectivity index (χ0n) is 12.5. The number of fused-ring (bicyclic) bond motifs is 1. The normalized spacial score (nSPS) is 10.5. The van der Waals surface area contributed by atoms with E-state index in [0.717, 1.165) is 0 Å². The van der Waals surface area contributed by atoms with Gasteiger partial charge in [-0.05, 0) is 24.3 Å². The Balaban J connectivity index is 1.89. The van der Waals surface area contributed by atoms with E-state index in [1.54, 1.807) is 36.4 Å². The van der Waals surface area contributed by atoms with E-state index in [9.17, 15) is 9.59 Å². The van der Waals surface area contributed by atoms with Gasteiger partial charge in [-0.3, -0.25) is 14.2 Å². The van der Waals surface area contributed by atoms with Gasteiger partial charge in [0.25, 0.3) is 5.56 Å². The molecule has 6 heteroatoms. The molecule has 116 valence electrons. The molecule has 0 unspecified atom stereocenters. The van der Waals surface area contributed by atoms with E-state index < -0.39 is 0 Å². The molecule has 6 nitrogen and oxygen atoms in total. The Kier molecular flexibility index (Phi) is 4.05.